The molecule has 0 fully saturated rings. The molecule has 5 heteroatoms. The number of hydrogen-bond acceptors (Lipinski definition) is 4. The van der Waals surface area contributed by atoms with Gasteiger partial charge in [-0.25, -0.2) is 0 Å². The van der Waals surface area contributed by atoms with Gasteiger partial charge in [-0.2, -0.15) is 0 Å². The van der Waals surface area contributed by atoms with Crippen molar-refractivity contribution in [3.05, 3.63) is 221 Å². The van der Waals surface area contributed by atoms with Crippen LogP contribution >= 0.6 is 22.9 Å². The van der Waals surface area contributed by atoms with Crippen molar-refractivity contribution in [3.8, 4) is 33.8 Å². The Kier molecular flexibility index (Phi) is 7.16. The van der Waals surface area contributed by atoms with Crippen molar-refractivity contribution in [2.24, 2.45) is 0 Å². The molecule has 11 aromatic rings. The number of fused-ring (bicyclic) bond motifs is 15. The Morgan fingerprint density at radius 2 is 1.15 bits per heavy atom. The molecule has 0 unspecified atom stereocenters. The maximum atomic E-state index is 7.10. The van der Waals surface area contributed by atoms with Gasteiger partial charge in [0.25, 0.3) is 0 Å². The molecule has 0 radical (unpaired) electrons. The second-order valence-electron chi connectivity index (χ2n) is 15.7. The number of halogens is 1. The van der Waals surface area contributed by atoms with E-state index < -0.39 is 5.41 Å². The van der Waals surface area contributed by atoms with Gasteiger partial charge in [0.15, 0.2) is 0 Å². The number of thiophene rings is 1. The van der Waals surface area contributed by atoms with Gasteiger partial charge in [-0.3, -0.25) is 0 Å². The first-order valence-electron chi connectivity index (χ1n) is 20.2. The zero-order chi connectivity index (χ0) is 39.5. The van der Waals surface area contributed by atoms with E-state index in [-0.39, 0.29) is 0 Å². The summed E-state index contributed by atoms with van der Waals surface area (Å²) >= 11 is 8.44. The van der Waals surface area contributed by atoms with Gasteiger partial charge < -0.3 is 14.1 Å². The number of anilines is 3. The first-order valence-corrected chi connectivity index (χ1v) is 21.4. The van der Waals surface area contributed by atoms with Crippen molar-refractivity contribution in [3.63, 3.8) is 0 Å². The van der Waals surface area contributed by atoms with Crippen molar-refractivity contribution in [1.29, 1.82) is 0 Å². The summed E-state index contributed by atoms with van der Waals surface area (Å²) in [5, 5.41) is 5.20. The molecule has 2 aliphatic rings. The number of nitrogens with zero attached hydrogens (tertiary/aromatic N) is 1. The van der Waals surface area contributed by atoms with Gasteiger partial charge in [-0.05, 0) is 107 Å². The quantitative estimate of drug-likeness (QED) is 0.177. The Morgan fingerprint density at radius 1 is 0.467 bits per heavy atom. The molecule has 9 aromatic carbocycles. The van der Waals surface area contributed by atoms with Crippen LogP contribution in [-0.4, -0.2) is 0 Å². The van der Waals surface area contributed by atoms with Gasteiger partial charge in [0.05, 0.1) is 16.5 Å². The van der Waals surface area contributed by atoms with Crippen LogP contribution in [0.2, 0.25) is 5.02 Å². The lowest BCUT2D eigenvalue weighted by Gasteiger charge is -2.40. The average Bonchev–Trinajstić information content (AvgIpc) is 3.95. The fraction of sp³-hybridized carbons (Fsp3) is 0.0182. The van der Waals surface area contributed by atoms with Crippen LogP contribution in [0, 0.1) is 0 Å². The van der Waals surface area contributed by atoms with Crippen LogP contribution in [0.5, 0.6) is 11.5 Å². The molecule has 3 nitrogen and oxygen atoms in total. The van der Waals surface area contributed by atoms with Crippen molar-refractivity contribution < 1.29 is 9.15 Å². The highest BCUT2D eigenvalue weighted by molar-refractivity contribution is 7.25. The summed E-state index contributed by atoms with van der Waals surface area (Å²) in [6.07, 6.45) is 0. The third kappa shape index (κ3) is 4.66. The van der Waals surface area contributed by atoms with Crippen molar-refractivity contribution in [2.45, 2.75) is 5.41 Å². The van der Waals surface area contributed by atoms with E-state index in [0.717, 1.165) is 83.2 Å². The zero-order valence-electron chi connectivity index (χ0n) is 32.0. The lowest BCUT2D eigenvalue weighted by Crippen LogP contribution is -2.32. The number of furan rings is 1. The molecule has 1 spiro atoms. The van der Waals surface area contributed by atoms with Gasteiger partial charge in [0, 0.05) is 58.6 Å². The number of ether oxygens (including phenoxy) is 1. The Balaban J connectivity index is 1.12. The molecule has 0 saturated heterocycles. The normalized spacial score (nSPS) is 13.3. The molecule has 1 aliphatic carbocycles. The molecule has 0 atom stereocenters. The van der Waals surface area contributed by atoms with Crippen molar-refractivity contribution in [2.75, 3.05) is 4.90 Å². The Bertz CT molecular complexity index is 3510. The minimum Gasteiger partial charge on any atom is -0.457 e. The molecule has 282 valence electrons. The van der Waals surface area contributed by atoms with E-state index in [1.165, 1.54) is 37.0 Å². The SMILES string of the molecule is Clc1ccc2sc3cc4c(cc3c2c1)C1(c2cc(N(c3ccccc3)c3ccc(-c5ccccc5)c5oc6ccccc6c35)ccc2O4)c2ccccc2-c2ccccc21. The molecule has 3 heterocycles. The number of hydrogen-bond donors (Lipinski definition) is 0. The van der Waals surface area contributed by atoms with E-state index >= 15 is 0 Å². The standard InChI is InChI=1S/C55H32ClNO2S/c56-34-23-28-51-41(29-34)42-31-46-50(32-52(42)60-51)58-49-27-24-36(30-45(49)55(46)43-20-10-7-17-38(43)39-18-8-11-21-44(39)55)57(35-15-5-2-6-16-35)47-26-25-37(33-13-3-1-4-14-33)54-53(47)40-19-9-12-22-48(40)59-54/h1-32H. The van der Waals surface area contributed by atoms with E-state index in [4.69, 9.17) is 20.8 Å². The monoisotopic (exact) mass is 805 g/mol. The maximum absolute atomic E-state index is 7.10. The summed E-state index contributed by atoms with van der Waals surface area (Å²) in [6.45, 7) is 0. The van der Waals surface area contributed by atoms with Crippen LogP contribution in [0.25, 0.3) is 64.4 Å². The summed E-state index contributed by atoms with van der Waals surface area (Å²) in [4.78, 5) is 2.38. The minimum absolute atomic E-state index is 0.676. The maximum Gasteiger partial charge on any atom is 0.145 e. The van der Waals surface area contributed by atoms with Crippen LogP contribution in [0.1, 0.15) is 22.3 Å². The largest absolute Gasteiger partial charge is 0.457 e. The Hall–Kier alpha value is -7.11. The highest BCUT2D eigenvalue weighted by Crippen LogP contribution is 2.63. The van der Waals surface area contributed by atoms with E-state index in [9.17, 15) is 0 Å². The summed E-state index contributed by atoms with van der Waals surface area (Å²) < 4.78 is 16.3. The van der Waals surface area contributed by atoms with Gasteiger partial charge in [-0.15, -0.1) is 11.3 Å². The Morgan fingerprint density at radius 3 is 1.95 bits per heavy atom. The molecule has 1 aliphatic heterocycles. The van der Waals surface area contributed by atoms with Crippen LogP contribution in [-0.2, 0) is 5.41 Å². The van der Waals surface area contributed by atoms with Gasteiger partial charge in [0.2, 0.25) is 0 Å². The molecule has 60 heavy (non-hydrogen) atoms. The van der Waals surface area contributed by atoms with E-state index in [1.54, 1.807) is 11.3 Å². The molecule has 0 saturated carbocycles. The molecular weight excluding hydrogens is 774 g/mol. The fourth-order valence-electron chi connectivity index (χ4n) is 10.1. The molecular formula is C55H32ClNO2S. The lowest BCUT2D eigenvalue weighted by molar-refractivity contribution is 0.437. The number of para-hydroxylation sites is 2. The predicted octanol–water partition coefficient (Wildman–Crippen LogP) is 16.2. The molecule has 0 bridgehead atoms. The minimum atomic E-state index is -0.676. The summed E-state index contributed by atoms with van der Waals surface area (Å²) in [5.41, 5.74) is 13.5. The number of rotatable bonds is 4. The smallest absolute Gasteiger partial charge is 0.145 e. The van der Waals surface area contributed by atoms with Crippen LogP contribution < -0.4 is 9.64 Å². The first-order chi connectivity index (χ1) is 29.6. The van der Waals surface area contributed by atoms with Gasteiger partial charge in [-0.1, -0.05) is 127 Å². The van der Waals surface area contributed by atoms with E-state index in [0.29, 0.717) is 0 Å². The van der Waals surface area contributed by atoms with E-state index in [2.05, 4.69) is 187 Å². The van der Waals surface area contributed by atoms with Crippen LogP contribution in [0.4, 0.5) is 17.1 Å². The second kappa shape index (κ2) is 12.7. The molecule has 0 N–H and O–H groups in total. The Labute approximate surface area is 354 Å². The zero-order valence-corrected chi connectivity index (χ0v) is 33.6. The first kappa shape index (κ1) is 33.8. The summed E-state index contributed by atoms with van der Waals surface area (Å²) in [5.74, 6) is 1.71. The second-order valence-corrected chi connectivity index (χ2v) is 17.2. The third-order valence-corrected chi connectivity index (χ3v) is 13.9. The molecule has 13 rings (SSSR count). The summed E-state index contributed by atoms with van der Waals surface area (Å²) in [6, 6.07) is 69.4. The van der Waals surface area contributed by atoms with Crippen molar-refractivity contribution >= 4 is 82.1 Å². The highest BCUT2D eigenvalue weighted by Gasteiger charge is 2.51. The summed E-state index contributed by atoms with van der Waals surface area (Å²) in [7, 11) is 0. The number of benzene rings is 9. The van der Waals surface area contributed by atoms with Crippen molar-refractivity contribution in [1.82, 2.24) is 0 Å². The molecule has 0 amide bonds. The third-order valence-electron chi connectivity index (χ3n) is 12.6. The van der Waals surface area contributed by atoms with E-state index in [1.807, 2.05) is 12.1 Å². The average molecular weight is 806 g/mol. The lowest BCUT2D eigenvalue weighted by atomic mass is 9.66. The highest BCUT2D eigenvalue weighted by atomic mass is 35.5. The van der Waals surface area contributed by atoms with Gasteiger partial charge >= 0.3 is 0 Å². The van der Waals surface area contributed by atoms with Crippen LogP contribution in [0.3, 0.4) is 0 Å². The predicted molar refractivity (Wildman–Crippen MR) is 249 cm³/mol. The topological polar surface area (TPSA) is 25.6 Å². The molecule has 2 aromatic heterocycles. The van der Waals surface area contributed by atoms with Gasteiger partial charge in [0.1, 0.15) is 22.7 Å². The fourth-order valence-corrected chi connectivity index (χ4v) is 11.4. The van der Waals surface area contributed by atoms with Crippen LogP contribution in [0.15, 0.2) is 199 Å².